The number of carbonyl (C=O) groups excluding carboxylic acids is 2. The Bertz CT molecular complexity index is 929. The van der Waals surface area contributed by atoms with Gasteiger partial charge in [0.25, 0.3) is 5.91 Å². The van der Waals surface area contributed by atoms with Gasteiger partial charge in [0.05, 0.1) is 17.6 Å². The van der Waals surface area contributed by atoms with Gasteiger partial charge in [0, 0.05) is 11.3 Å². The van der Waals surface area contributed by atoms with Gasteiger partial charge in [0.2, 0.25) is 0 Å². The third-order valence-corrected chi connectivity index (χ3v) is 3.89. The quantitative estimate of drug-likeness (QED) is 0.643. The molecule has 6 nitrogen and oxygen atoms in total. The Morgan fingerprint density at radius 1 is 1.25 bits per heavy atom. The number of ketones is 1. The van der Waals surface area contributed by atoms with E-state index in [-0.39, 0.29) is 18.2 Å². The van der Waals surface area contributed by atoms with E-state index in [1.165, 1.54) is 6.92 Å². The first kappa shape index (κ1) is 15.7. The van der Waals surface area contributed by atoms with Crippen molar-refractivity contribution in [1.82, 2.24) is 15.3 Å². The summed E-state index contributed by atoms with van der Waals surface area (Å²) in [6, 6.07) is 10.8. The van der Waals surface area contributed by atoms with Crippen LogP contribution in [-0.4, -0.2) is 21.7 Å². The summed E-state index contributed by atoms with van der Waals surface area (Å²) >= 11 is 0. The van der Waals surface area contributed by atoms with Crippen molar-refractivity contribution in [3.8, 4) is 0 Å². The minimum absolute atomic E-state index is 0.124. The van der Waals surface area contributed by atoms with Crippen LogP contribution in [0.15, 0.2) is 36.4 Å². The summed E-state index contributed by atoms with van der Waals surface area (Å²) in [4.78, 5) is 31.7. The number of amides is 1. The van der Waals surface area contributed by atoms with E-state index in [1.807, 2.05) is 19.1 Å². The molecule has 0 aliphatic carbocycles. The number of Topliss-reactive ketones (excluding diaryl/α,β-unsaturated/α-hetero) is 1. The maximum atomic E-state index is 12.2. The largest absolute Gasteiger partial charge is 0.383 e. The number of nitrogens with two attached hydrogens (primary N) is 1. The van der Waals surface area contributed by atoms with Gasteiger partial charge in [-0.15, -0.1) is 0 Å². The summed E-state index contributed by atoms with van der Waals surface area (Å²) in [5, 5.41) is 2.82. The van der Waals surface area contributed by atoms with Crippen LogP contribution in [0, 0.1) is 6.92 Å². The zero-order valence-electron chi connectivity index (χ0n) is 13.5. The number of hydrogen-bond acceptors (Lipinski definition) is 4. The first-order chi connectivity index (χ1) is 11.5. The number of fused-ring (bicyclic) bond motifs is 1. The molecule has 0 aliphatic rings. The van der Waals surface area contributed by atoms with E-state index >= 15 is 0 Å². The lowest BCUT2D eigenvalue weighted by Gasteiger charge is -2.05. The standard InChI is InChI=1S/C18H18N4O2/c1-10-8-13-16(22-17(10)19)15(11(2)23)14(21-13)9-20-18(24)12-6-4-3-5-7-12/h3-8,21H,9H2,1-2H3,(H2,19,22)(H,20,24). The smallest absolute Gasteiger partial charge is 0.251 e. The molecule has 0 fully saturated rings. The summed E-state index contributed by atoms with van der Waals surface area (Å²) in [5.41, 5.74) is 9.61. The number of aryl methyl sites for hydroxylation is 1. The van der Waals surface area contributed by atoms with Crippen molar-refractivity contribution in [2.75, 3.05) is 5.73 Å². The summed E-state index contributed by atoms with van der Waals surface area (Å²) < 4.78 is 0. The lowest BCUT2D eigenvalue weighted by atomic mass is 10.1. The van der Waals surface area contributed by atoms with Gasteiger partial charge in [-0.05, 0) is 37.6 Å². The lowest BCUT2D eigenvalue weighted by molar-refractivity contribution is 0.0946. The van der Waals surface area contributed by atoms with E-state index in [0.29, 0.717) is 28.2 Å². The summed E-state index contributed by atoms with van der Waals surface area (Å²) in [7, 11) is 0. The number of carbonyl (C=O) groups is 2. The van der Waals surface area contributed by atoms with Crippen LogP contribution in [0.3, 0.4) is 0 Å². The Morgan fingerprint density at radius 2 is 1.96 bits per heavy atom. The molecule has 24 heavy (non-hydrogen) atoms. The van der Waals surface area contributed by atoms with Crippen molar-refractivity contribution < 1.29 is 9.59 Å². The van der Waals surface area contributed by atoms with Gasteiger partial charge >= 0.3 is 0 Å². The summed E-state index contributed by atoms with van der Waals surface area (Å²) in [6.45, 7) is 3.54. The Hall–Kier alpha value is -3.15. The van der Waals surface area contributed by atoms with E-state index < -0.39 is 0 Å². The van der Waals surface area contributed by atoms with Crippen LogP contribution >= 0.6 is 0 Å². The van der Waals surface area contributed by atoms with Gasteiger partial charge < -0.3 is 16.0 Å². The van der Waals surface area contributed by atoms with Crippen LogP contribution in [0.2, 0.25) is 0 Å². The first-order valence-corrected chi connectivity index (χ1v) is 7.59. The minimum Gasteiger partial charge on any atom is -0.383 e. The Morgan fingerprint density at radius 3 is 2.62 bits per heavy atom. The van der Waals surface area contributed by atoms with Gasteiger partial charge in [0.15, 0.2) is 5.78 Å². The van der Waals surface area contributed by atoms with Crippen LogP contribution in [-0.2, 0) is 6.54 Å². The molecular weight excluding hydrogens is 304 g/mol. The van der Waals surface area contributed by atoms with Crippen molar-refractivity contribution >= 4 is 28.5 Å². The summed E-state index contributed by atoms with van der Waals surface area (Å²) in [6.07, 6.45) is 0. The highest BCUT2D eigenvalue weighted by molar-refractivity contribution is 6.07. The molecule has 1 amide bonds. The Kier molecular flexibility index (Phi) is 4.04. The molecule has 0 spiro atoms. The maximum absolute atomic E-state index is 12.2. The van der Waals surface area contributed by atoms with Crippen LogP contribution in [0.1, 0.15) is 38.9 Å². The number of nitrogens with zero attached hydrogens (tertiary/aromatic N) is 1. The minimum atomic E-state index is -0.201. The average molecular weight is 322 g/mol. The number of nitrogens with one attached hydrogen (secondary N) is 2. The average Bonchev–Trinajstić information content (AvgIpc) is 2.91. The van der Waals surface area contributed by atoms with Gasteiger partial charge in [-0.3, -0.25) is 9.59 Å². The molecule has 0 atom stereocenters. The van der Waals surface area contributed by atoms with Crippen molar-refractivity contribution in [1.29, 1.82) is 0 Å². The number of hydrogen-bond donors (Lipinski definition) is 3. The second-order valence-electron chi connectivity index (χ2n) is 5.67. The highest BCUT2D eigenvalue weighted by atomic mass is 16.1. The molecule has 0 bridgehead atoms. The van der Waals surface area contributed by atoms with Gasteiger partial charge in [-0.1, -0.05) is 18.2 Å². The van der Waals surface area contributed by atoms with Crippen LogP contribution in [0.25, 0.3) is 11.0 Å². The monoisotopic (exact) mass is 322 g/mol. The number of benzene rings is 1. The number of H-pyrrole nitrogens is 1. The van der Waals surface area contributed by atoms with E-state index in [0.717, 1.165) is 11.1 Å². The van der Waals surface area contributed by atoms with E-state index in [2.05, 4.69) is 15.3 Å². The van der Waals surface area contributed by atoms with Gasteiger partial charge in [-0.2, -0.15) is 0 Å². The molecular formula is C18H18N4O2. The third kappa shape index (κ3) is 2.86. The number of aromatic amines is 1. The molecule has 2 heterocycles. The number of aromatic nitrogens is 2. The number of rotatable bonds is 4. The molecule has 2 aromatic heterocycles. The molecule has 1 aromatic carbocycles. The van der Waals surface area contributed by atoms with Crippen molar-refractivity contribution in [2.24, 2.45) is 0 Å². The molecule has 6 heteroatoms. The predicted octanol–water partition coefficient (Wildman–Crippen LogP) is 2.59. The molecule has 122 valence electrons. The van der Waals surface area contributed by atoms with E-state index in [9.17, 15) is 9.59 Å². The molecule has 3 rings (SSSR count). The second-order valence-corrected chi connectivity index (χ2v) is 5.67. The fourth-order valence-corrected chi connectivity index (χ4v) is 2.65. The highest BCUT2D eigenvalue weighted by Crippen LogP contribution is 2.24. The normalized spacial score (nSPS) is 10.8. The van der Waals surface area contributed by atoms with Gasteiger partial charge in [-0.25, -0.2) is 4.98 Å². The Balaban J connectivity index is 1.93. The fourth-order valence-electron chi connectivity index (χ4n) is 2.65. The van der Waals surface area contributed by atoms with Crippen LogP contribution in [0.5, 0.6) is 0 Å². The lowest BCUT2D eigenvalue weighted by Crippen LogP contribution is -2.23. The van der Waals surface area contributed by atoms with E-state index in [1.54, 1.807) is 24.3 Å². The molecule has 4 N–H and O–H groups in total. The topological polar surface area (TPSA) is 101 Å². The molecule has 0 saturated heterocycles. The van der Waals surface area contributed by atoms with Crippen molar-refractivity contribution in [3.63, 3.8) is 0 Å². The predicted molar refractivity (Wildman–Crippen MR) is 92.9 cm³/mol. The molecule has 0 unspecified atom stereocenters. The van der Waals surface area contributed by atoms with E-state index in [4.69, 9.17) is 5.73 Å². The highest BCUT2D eigenvalue weighted by Gasteiger charge is 2.18. The SMILES string of the molecule is CC(=O)c1c(CNC(=O)c2ccccc2)[nH]c2cc(C)c(N)nc12. The van der Waals surface area contributed by atoms with Crippen LogP contribution in [0.4, 0.5) is 5.82 Å². The third-order valence-electron chi connectivity index (χ3n) is 3.89. The maximum Gasteiger partial charge on any atom is 0.251 e. The number of nitrogen functional groups attached to an aromatic ring is 1. The Labute approximate surface area is 139 Å². The van der Waals surface area contributed by atoms with Gasteiger partial charge in [0.1, 0.15) is 11.3 Å². The first-order valence-electron chi connectivity index (χ1n) is 7.59. The molecule has 0 radical (unpaired) electrons. The molecule has 3 aromatic rings. The zero-order chi connectivity index (χ0) is 17.3. The molecule has 0 saturated carbocycles. The number of pyridine rings is 1. The summed E-state index contributed by atoms with van der Waals surface area (Å²) in [5.74, 6) is 0.0669. The van der Waals surface area contributed by atoms with Crippen LogP contribution < -0.4 is 11.1 Å². The molecule has 0 aliphatic heterocycles. The second kappa shape index (κ2) is 6.16. The van der Waals surface area contributed by atoms with Crippen molar-refractivity contribution in [2.45, 2.75) is 20.4 Å². The van der Waals surface area contributed by atoms with Crippen molar-refractivity contribution in [3.05, 3.63) is 58.8 Å². The fraction of sp³-hybridized carbons (Fsp3) is 0.167. The zero-order valence-corrected chi connectivity index (χ0v) is 13.5. The number of anilines is 1.